The van der Waals surface area contributed by atoms with Crippen molar-refractivity contribution in [2.45, 2.75) is 43.0 Å². The predicted octanol–water partition coefficient (Wildman–Crippen LogP) is 2.29. The molecule has 33 heavy (non-hydrogen) atoms. The molecule has 1 aromatic heterocycles. The van der Waals surface area contributed by atoms with Crippen LogP contribution in [0.15, 0.2) is 46.3 Å². The van der Waals surface area contributed by atoms with Gasteiger partial charge in [0.05, 0.1) is 15.5 Å². The second kappa shape index (κ2) is 9.25. The molecule has 0 fully saturated rings. The number of sulfone groups is 1. The SMILES string of the molecule is CNC(=O)[C@@H](NC(=O)c1ncc(S(=O)(=O)c2ccc(OC(F)(F)F)cc2)cc1N)C(C)(C)C. The summed E-state index contributed by atoms with van der Waals surface area (Å²) in [6.07, 6.45) is -4.02. The minimum absolute atomic E-state index is 0.268. The predicted molar refractivity (Wildman–Crippen MR) is 112 cm³/mol. The number of aromatic nitrogens is 1. The van der Waals surface area contributed by atoms with Crippen LogP contribution in [-0.2, 0) is 14.6 Å². The number of nitrogen functional groups attached to an aromatic ring is 1. The van der Waals surface area contributed by atoms with Crippen LogP contribution in [0.5, 0.6) is 5.75 Å². The third-order valence-electron chi connectivity index (χ3n) is 4.44. The van der Waals surface area contributed by atoms with Gasteiger partial charge in [-0.1, -0.05) is 20.8 Å². The van der Waals surface area contributed by atoms with Crippen molar-refractivity contribution in [1.82, 2.24) is 15.6 Å². The molecule has 0 saturated heterocycles. The Bertz CT molecular complexity index is 1140. The van der Waals surface area contributed by atoms with E-state index in [1.807, 2.05) is 0 Å². The summed E-state index contributed by atoms with van der Waals surface area (Å²) in [6, 6.07) is 3.66. The molecule has 0 unspecified atom stereocenters. The Balaban J connectivity index is 2.30. The van der Waals surface area contributed by atoms with Crippen LogP contribution in [0, 0.1) is 5.41 Å². The summed E-state index contributed by atoms with van der Waals surface area (Å²) in [4.78, 5) is 27.9. The largest absolute Gasteiger partial charge is 0.573 e. The Morgan fingerprint density at radius 2 is 1.67 bits per heavy atom. The van der Waals surface area contributed by atoms with Gasteiger partial charge in [-0.3, -0.25) is 9.59 Å². The number of nitrogens with zero attached hydrogens (tertiary/aromatic N) is 1. The van der Waals surface area contributed by atoms with Gasteiger partial charge in [0, 0.05) is 13.2 Å². The lowest BCUT2D eigenvalue weighted by Crippen LogP contribution is -2.53. The Labute approximate surface area is 188 Å². The van der Waals surface area contributed by atoms with E-state index in [1.165, 1.54) is 7.05 Å². The monoisotopic (exact) mass is 488 g/mol. The van der Waals surface area contributed by atoms with Crippen LogP contribution >= 0.6 is 0 Å². The van der Waals surface area contributed by atoms with E-state index in [0.717, 1.165) is 36.5 Å². The Morgan fingerprint density at radius 3 is 2.12 bits per heavy atom. The highest BCUT2D eigenvalue weighted by Gasteiger charge is 2.33. The number of amides is 2. The van der Waals surface area contributed by atoms with E-state index >= 15 is 0 Å². The number of halogens is 3. The van der Waals surface area contributed by atoms with Crippen LogP contribution < -0.4 is 21.1 Å². The zero-order valence-electron chi connectivity index (χ0n) is 18.1. The average molecular weight is 488 g/mol. The first-order chi connectivity index (χ1) is 15.1. The van der Waals surface area contributed by atoms with Crippen LogP contribution in [0.25, 0.3) is 0 Å². The zero-order chi connectivity index (χ0) is 25.2. The van der Waals surface area contributed by atoms with Crippen molar-refractivity contribution in [3.63, 3.8) is 0 Å². The quantitative estimate of drug-likeness (QED) is 0.567. The Morgan fingerprint density at radius 1 is 1.09 bits per heavy atom. The van der Waals surface area contributed by atoms with Gasteiger partial charge in [-0.05, 0) is 35.7 Å². The lowest BCUT2D eigenvalue weighted by molar-refractivity contribution is -0.274. The van der Waals surface area contributed by atoms with E-state index in [-0.39, 0.29) is 21.2 Å². The second-order valence-electron chi connectivity index (χ2n) is 8.02. The molecule has 9 nitrogen and oxygen atoms in total. The van der Waals surface area contributed by atoms with Crippen molar-refractivity contribution >= 4 is 27.3 Å². The molecule has 0 radical (unpaired) electrons. The number of nitrogens with two attached hydrogens (primary N) is 1. The number of likely N-dealkylation sites (N-methyl/N-ethyl adjacent to an activating group) is 1. The van der Waals surface area contributed by atoms with E-state index in [4.69, 9.17) is 5.73 Å². The minimum Gasteiger partial charge on any atom is -0.406 e. The molecule has 1 heterocycles. The highest BCUT2D eigenvalue weighted by atomic mass is 32.2. The third kappa shape index (κ3) is 6.34. The Kier molecular flexibility index (Phi) is 7.27. The topological polar surface area (TPSA) is 140 Å². The number of hydrogen-bond donors (Lipinski definition) is 3. The molecule has 0 saturated carbocycles. The first kappa shape index (κ1) is 25.9. The minimum atomic E-state index is -4.92. The normalized spacial score (nSPS) is 13.2. The maximum atomic E-state index is 12.8. The first-order valence-corrected chi connectivity index (χ1v) is 10.9. The van der Waals surface area contributed by atoms with Gasteiger partial charge in [-0.25, -0.2) is 13.4 Å². The number of hydrogen-bond acceptors (Lipinski definition) is 7. The fourth-order valence-electron chi connectivity index (χ4n) is 2.77. The van der Waals surface area contributed by atoms with Crippen LogP contribution in [-0.4, -0.2) is 44.7 Å². The molecule has 2 aromatic rings. The fraction of sp³-hybridized carbons (Fsp3) is 0.350. The van der Waals surface area contributed by atoms with Gasteiger partial charge < -0.3 is 21.1 Å². The number of alkyl halides is 3. The molecule has 0 spiro atoms. The number of rotatable bonds is 6. The highest BCUT2D eigenvalue weighted by Crippen LogP contribution is 2.28. The summed E-state index contributed by atoms with van der Waals surface area (Å²) in [6.45, 7) is 5.22. The summed E-state index contributed by atoms with van der Waals surface area (Å²) in [5, 5.41) is 4.98. The lowest BCUT2D eigenvalue weighted by atomic mass is 9.86. The first-order valence-electron chi connectivity index (χ1n) is 9.45. The van der Waals surface area contributed by atoms with Gasteiger partial charge in [0.15, 0.2) is 5.69 Å². The zero-order valence-corrected chi connectivity index (χ0v) is 19.0. The van der Waals surface area contributed by atoms with Crippen molar-refractivity contribution in [2.75, 3.05) is 12.8 Å². The molecule has 4 N–H and O–H groups in total. The molecule has 2 amide bonds. The van der Waals surface area contributed by atoms with Gasteiger partial charge >= 0.3 is 6.36 Å². The van der Waals surface area contributed by atoms with Crippen LogP contribution in [0.2, 0.25) is 0 Å². The summed E-state index contributed by atoms with van der Waals surface area (Å²) >= 11 is 0. The molecule has 0 aliphatic rings. The van der Waals surface area contributed by atoms with Gasteiger partial charge in [-0.15, -0.1) is 13.2 Å². The van der Waals surface area contributed by atoms with Crippen molar-refractivity contribution in [3.05, 3.63) is 42.2 Å². The number of carbonyl (C=O) groups excluding carboxylic acids is 2. The molecular weight excluding hydrogens is 465 g/mol. The molecule has 0 bridgehead atoms. The van der Waals surface area contributed by atoms with E-state index in [0.29, 0.717) is 0 Å². The smallest absolute Gasteiger partial charge is 0.406 e. The van der Waals surface area contributed by atoms with Crippen molar-refractivity contribution in [1.29, 1.82) is 0 Å². The van der Waals surface area contributed by atoms with Gasteiger partial charge in [0.25, 0.3) is 5.91 Å². The molecule has 0 aliphatic heterocycles. The maximum absolute atomic E-state index is 12.8. The third-order valence-corrected chi connectivity index (χ3v) is 6.17. The number of anilines is 1. The highest BCUT2D eigenvalue weighted by molar-refractivity contribution is 7.91. The summed E-state index contributed by atoms with van der Waals surface area (Å²) < 4.78 is 66.1. The van der Waals surface area contributed by atoms with E-state index < -0.39 is 45.2 Å². The van der Waals surface area contributed by atoms with E-state index in [2.05, 4.69) is 20.4 Å². The van der Waals surface area contributed by atoms with Gasteiger partial charge in [0.1, 0.15) is 11.8 Å². The van der Waals surface area contributed by atoms with Crippen molar-refractivity contribution in [2.24, 2.45) is 5.41 Å². The number of nitrogens with one attached hydrogen (secondary N) is 2. The van der Waals surface area contributed by atoms with E-state index in [1.54, 1.807) is 20.8 Å². The molecule has 2 rings (SSSR count). The summed E-state index contributed by atoms with van der Waals surface area (Å²) in [5.74, 6) is -1.81. The maximum Gasteiger partial charge on any atom is 0.573 e. The molecule has 1 aromatic carbocycles. The molecule has 1 atom stereocenters. The van der Waals surface area contributed by atoms with Crippen LogP contribution in [0.3, 0.4) is 0 Å². The van der Waals surface area contributed by atoms with Gasteiger partial charge in [0.2, 0.25) is 15.7 Å². The van der Waals surface area contributed by atoms with Crippen molar-refractivity contribution in [3.8, 4) is 5.75 Å². The molecule has 0 aliphatic carbocycles. The number of ether oxygens (including phenoxy) is 1. The van der Waals surface area contributed by atoms with Crippen LogP contribution in [0.4, 0.5) is 18.9 Å². The van der Waals surface area contributed by atoms with Crippen molar-refractivity contribution < 1.29 is 35.9 Å². The number of benzene rings is 1. The lowest BCUT2D eigenvalue weighted by Gasteiger charge is -2.29. The summed E-state index contributed by atoms with van der Waals surface area (Å²) in [7, 11) is -2.79. The summed E-state index contributed by atoms with van der Waals surface area (Å²) in [5.41, 5.74) is 4.65. The number of pyridine rings is 1. The fourth-order valence-corrected chi connectivity index (χ4v) is 4.01. The molecule has 13 heteroatoms. The molecule has 180 valence electrons. The standard InChI is InChI=1S/C20H23F3N4O5S/c1-19(2,3)16(18(29)25-4)27-17(28)15-14(24)9-13(10-26-15)33(30,31)12-7-5-11(6-8-12)32-20(21,22)23/h5-10,16H,24H2,1-4H3,(H,25,29)(H,27,28)/t16-/m1/s1. The Hall–Kier alpha value is -3.35. The second-order valence-corrected chi connectivity index (χ2v) is 9.97. The van der Waals surface area contributed by atoms with Gasteiger partial charge in [-0.2, -0.15) is 0 Å². The number of carbonyl (C=O) groups is 2. The van der Waals surface area contributed by atoms with E-state index in [9.17, 15) is 31.2 Å². The van der Waals surface area contributed by atoms with Crippen LogP contribution in [0.1, 0.15) is 31.3 Å². The average Bonchev–Trinajstić information content (AvgIpc) is 2.69. The molecular formula is C20H23F3N4O5S.